The minimum atomic E-state index is 0.734. The Balaban J connectivity index is 1.20. The smallest absolute Gasteiger partial charge is 0.169 e. The van der Waals surface area contributed by atoms with Crippen molar-refractivity contribution in [1.82, 2.24) is 24.5 Å². The molecule has 6 nitrogen and oxygen atoms in total. The number of rotatable bonds is 6. The number of piperidine rings is 1. The highest BCUT2D eigenvalue weighted by atomic mass is 16.5. The molecule has 34 heavy (non-hydrogen) atoms. The molecule has 0 atom stereocenters. The van der Waals surface area contributed by atoms with Crippen LogP contribution in [0.2, 0.25) is 0 Å². The summed E-state index contributed by atoms with van der Waals surface area (Å²) in [5, 5.41) is 10.0. The lowest BCUT2D eigenvalue weighted by Crippen LogP contribution is -2.33. The Bertz CT molecular complexity index is 1420. The van der Waals surface area contributed by atoms with Gasteiger partial charge in [0.1, 0.15) is 12.4 Å². The molecule has 0 N–H and O–H groups in total. The zero-order chi connectivity index (χ0) is 22.7. The van der Waals surface area contributed by atoms with Crippen LogP contribution in [0.5, 0.6) is 5.75 Å². The number of pyridine rings is 2. The summed E-state index contributed by atoms with van der Waals surface area (Å²) in [6, 6.07) is 22.6. The molecule has 0 bridgehead atoms. The van der Waals surface area contributed by atoms with Crippen molar-refractivity contribution >= 4 is 16.6 Å². The Morgan fingerprint density at radius 3 is 2.56 bits per heavy atom. The minimum absolute atomic E-state index is 0.734. The third-order valence-electron chi connectivity index (χ3n) is 6.61. The summed E-state index contributed by atoms with van der Waals surface area (Å²) < 4.78 is 8.02. The fourth-order valence-corrected chi connectivity index (χ4v) is 4.76. The van der Waals surface area contributed by atoms with E-state index in [4.69, 9.17) is 4.74 Å². The van der Waals surface area contributed by atoms with Gasteiger partial charge < -0.3 is 4.74 Å². The van der Waals surface area contributed by atoms with Crippen LogP contribution >= 0.6 is 0 Å². The van der Waals surface area contributed by atoms with Crippen LogP contribution in [0.15, 0.2) is 79.1 Å². The summed E-state index contributed by atoms with van der Waals surface area (Å²) >= 11 is 0. The first-order valence-corrected chi connectivity index (χ1v) is 12.0. The molecule has 1 fully saturated rings. The number of benzene rings is 2. The lowest BCUT2D eigenvalue weighted by atomic mass is 10.1. The predicted octanol–water partition coefficient (Wildman–Crippen LogP) is 5.48. The first-order valence-electron chi connectivity index (χ1n) is 12.0. The van der Waals surface area contributed by atoms with Gasteiger partial charge in [-0.25, -0.2) is 0 Å². The van der Waals surface area contributed by atoms with Gasteiger partial charge in [0.2, 0.25) is 0 Å². The molecule has 4 heterocycles. The maximum Gasteiger partial charge on any atom is 0.169 e. The largest absolute Gasteiger partial charge is 0.492 e. The average Bonchev–Trinajstić information content (AvgIpc) is 3.32. The molecule has 1 saturated heterocycles. The average molecular weight is 450 g/mol. The first-order chi connectivity index (χ1) is 16.8. The Labute approximate surface area is 198 Å². The number of hydrogen-bond donors (Lipinski definition) is 0. The normalized spacial score (nSPS) is 14.6. The number of fused-ring (bicyclic) bond motifs is 2. The van der Waals surface area contributed by atoms with Crippen LogP contribution in [0.25, 0.3) is 39.1 Å². The van der Waals surface area contributed by atoms with Crippen LogP contribution in [0.3, 0.4) is 0 Å². The number of likely N-dealkylation sites (tertiary alicyclic amines) is 1. The molecule has 0 radical (unpaired) electrons. The second kappa shape index (κ2) is 9.23. The molecular weight excluding hydrogens is 422 g/mol. The molecule has 6 rings (SSSR count). The van der Waals surface area contributed by atoms with Gasteiger partial charge in [-0.2, -0.15) is 0 Å². The van der Waals surface area contributed by atoms with E-state index in [9.17, 15) is 0 Å². The minimum Gasteiger partial charge on any atom is -0.492 e. The van der Waals surface area contributed by atoms with Crippen molar-refractivity contribution in [3.05, 3.63) is 79.1 Å². The van der Waals surface area contributed by atoms with Crippen molar-refractivity contribution in [3.8, 4) is 28.3 Å². The molecule has 0 spiro atoms. The van der Waals surface area contributed by atoms with Gasteiger partial charge in [0, 0.05) is 29.9 Å². The highest BCUT2D eigenvalue weighted by molar-refractivity contribution is 5.92. The fraction of sp³-hybridized carbons (Fsp3) is 0.250. The van der Waals surface area contributed by atoms with Gasteiger partial charge in [0.05, 0.1) is 5.52 Å². The molecular formula is C28H27N5O. The Morgan fingerprint density at radius 2 is 1.68 bits per heavy atom. The molecule has 1 aliphatic rings. The Hall–Kier alpha value is -3.77. The molecule has 3 aromatic heterocycles. The summed E-state index contributed by atoms with van der Waals surface area (Å²) in [5.41, 5.74) is 5.02. The quantitative estimate of drug-likeness (QED) is 0.344. The van der Waals surface area contributed by atoms with E-state index >= 15 is 0 Å². The maximum absolute atomic E-state index is 5.98. The molecule has 0 unspecified atom stereocenters. The second-order valence-corrected chi connectivity index (χ2v) is 8.82. The molecule has 2 aromatic carbocycles. The van der Waals surface area contributed by atoms with E-state index in [1.54, 1.807) is 0 Å². The Kier molecular flexibility index (Phi) is 5.65. The summed E-state index contributed by atoms with van der Waals surface area (Å²) in [6.45, 7) is 4.14. The van der Waals surface area contributed by atoms with E-state index in [0.29, 0.717) is 0 Å². The van der Waals surface area contributed by atoms with Crippen LogP contribution < -0.4 is 4.74 Å². The zero-order valence-corrected chi connectivity index (χ0v) is 19.1. The molecule has 0 amide bonds. The van der Waals surface area contributed by atoms with Gasteiger partial charge in [-0.05, 0) is 73.5 Å². The summed E-state index contributed by atoms with van der Waals surface area (Å²) in [6.07, 6.45) is 7.85. The van der Waals surface area contributed by atoms with E-state index in [1.165, 1.54) is 32.4 Å². The summed E-state index contributed by atoms with van der Waals surface area (Å²) in [7, 11) is 0. The molecule has 170 valence electrons. The van der Waals surface area contributed by atoms with Crippen molar-refractivity contribution in [2.75, 3.05) is 26.2 Å². The lowest BCUT2D eigenvalue weighted by molar-refractivity contribution is 0.183. The maximum atomic E-state index is 5.98. The third-order valence-corrected chi connectivity index (χ3v) is 6.61. The van der Waals surface area contributed by atoms with Gasteiger partial charge in [-0.15, -0.1) is 10.2 Å². The zero-order valence-electron chi connectivity index (χ0n) is 19.1. The molecule has 0 aliphatic carbocycles. The fourth-order valence-electron chi connectivity index (χ4n) is 4.76. The summed E-state index contributed by atoms with van der Waals surface area (Å²) in [4.78, 5) is 6.96. The van der Waals surface area contributed by atoms with Gasteiger partial charge in [-0.3, -0.25) is 14.3 Å². The number of ether oxygens (including phenoxy) is 1. The molecule has 5 aromatic rings. The monoisotopic (exact) mass is 449 g/mol. The van der Waals surface area contributed by atoms with Gasteiger partial charge >= 0.3 is 0 Å². The van der Waals surface area contributed by atoms with Crippen LogP contribution in [0, 0.1) is 0 Å². The standard InChI is InChI=1S/C28H27N5O/c1-4-15-32(16-5-1)18-19-34-23-10-8-21(9-11-23)22-13-17-33-27(20-22)30-31-28(33)25-12-14-29-26-7-3-2-6-24(25)26/h2-3,6-14,17,20H,1,4-5,15-16,18-19H2. The van der Waals surface area contributed by atoms with Gasteiger partial charge in [-0.1, -0.05) is 36.8 Å². The van der Waals surface area contributed by atoms with Crippen LogP contribution in [0.4, 0.5) is 0 Å². The third kappa shape index (κ3) is 4.13. The highest BCUT2D eigenvalue weighted by Gasteiger charge is 2.13. The molecule has 1 aliphatic heterocycles. The summed E-state index contributed by atoms with van der Waals surface area (Å²) in [5.74, 6) is 1.73. The topological polar surface area (TPSA) is 55.6 Å². The van der Waals surface area contributed by atoms with Crippen molar-refractivity contribution in [1.29, 1.82) is 0 Å². The SMILES string of the molecule is c1ccc2c(-c3nnc4cc(-c5ccc(OCCN6CCCCC6)cc5)ccn34)ccnc2c1. The predicted molar refractivity (Wildman–Crippen MR) is 135 cm³/mol. The van der Waals surface area contributed by atoms with Crippen molar-refractivity contribution in [3.63, 3.8) is 0 Å². The first kappa shape index (κ1) is 20.8. The van der Waals surface area contributed by atoms with E-state index in [2.05, 4.69) is 50.4 Å². The second-order valence-electron chi connectivity index (χ2n) is 8.82. The Morgan fingerprint density at radius 1 is 0.824 bits per heavy atom. The van der Waals surface area contributed by atoms with E-state index in [-0.39, 0.29) is 0 Å². The van der Waals surface area contributed by atoms with Crippen LogP contribution in [0.1, 0.15) is 19.3 Å². The van der Waals surface area contributed by atoms with E-state index in [0.717, 1.165) is 58.0 Å². The van der Waals surface area contributed by atoms with Crippen molar-refractivity contribution in [2.45, 2.75) is 19.3 Å². The van der Waals surface area contributed by atoms with Crippen LogP contribution in [-0.4, -0.2) is 50.7 Å². The van der Waals surface area contributed by atoms with Crippen molar-refractivity contribution < 1.29 is 4.74 Å². The molecule has 0 saturated carbocycles. The number of para-hydroxylation sites is 1. The van der Waals surface area contributed by atoms with E-state index in [1.807, 2.05) is 53.2 Å². The van der Waals surface area contributed by atoms with Gasteiger partial charge in [0.15, 0.2) is 11.5 Å². The van der Waals surface area contributed by atoms with Gasteiger partial charge in [0.25, 0.3) is 0 Å². The molecule has 6 heteroatoms. The highest BCUT2D eigenvalue weighted by Crippen LogP contribution is 2.28. The van der Waals surface area contributed by atoms with Crippen molar-refractivity contribution in [2.24, 2.45) is 0 Å². The number of hydrogen-bond acceptors (Lipinski definition) is 5. The number of aromatic nitrogens is 4. The van der Waals surface area contributed by atoms with E-state index < -0.39 is 0 Å². The van der Waals surface area contributed by atoms with Crippen LogP contribution in [-0.2, 0) is 0 Å². The number of nitrogens with zero attached hydrogens (tertiary/aromatic N) is 5. The lowest BCUT2D eigenvalue weighted by Gasteiger charge is -2.26.